The monoisotopic (exact) mass is 355 g/mol. The maximum atomic E-state index is 12.6. The van der Waals surface area contributed by atoms with E-state index in [2.05, 4.69) is 10.6 Å². The van der Waals surface area contributed by atoms with Gasteiger partial charge in [0.25, 0.3) is 5.91 Å². The van der Waals surface area contributed by atoms with E-state index in [-0.39, 0.29) is 10.8 Å². The molecule has 0 atom stereocenters. The number of para-hydroxylation sites is 1. The Hall–Kier alpha value is -2.64. The lowest BCUT2D eigenvalue weighted by molar-refractivity contribution is -0.110. The number of hydrogen-bond acceptors (Lipinski definition) is 4. The van der Waals surface area contributed by atoms with Crippen molar-refractivity contribution in [1.82, 2.24) is 0 Å². The molecule has 128 valence electrons. The van der Waals surface area contributed by atoms with Gasteiger partial charge in [-0.1, -0.05) is 32.0 Å². The topological polar surface area (TPSA) is 101 Å². The molecule has 6 nitrogen and oxygen atoms in total. The molecule has 7 heteroatoms. The van der Waals surface area contributed by atoms with Crippen molar-refractivity contribution in [1.29, 1.82) is 0 Å². The molecule has 0 aliphatic carbocycles. The number of rotatable bonds is 1. The number of carbonyl (C=O) groups excluding carboxylic acids is 1. The molecule has 0 unspecified atom stereocenters. The summed E-state index contributed by atoms with van der Waals surface area (Å²) in [6.45, 7) is 4.06. The average molecular weight is 355 g/mol. The van der Waals surface area contributed by atoms with Gasteiger partial charge in [0.1, 0.15) is 0 Å². The van der Waals surface area contributed by atoms with E-state index in [1.807, 2.05) is 38.1 Å². The van der Waals surface area contributed by atoms with Crippen LogP contribution in [0, 0.1) is 0 Å². The average Bonchev–Trinajstić information content (AvgIpc) is 2.99. The lowest BCUT2D eigenvalue weighted by Gasteiger charge is -2.22. The highest BCUT2D eigenvalue weighted by Gasteiger charge is 2.40. The molecule has 0 bridgehead atoms. The number of allylic oxidation sites excluding steroid dienone is 1. The highest BCUT2D eigenvalue weighted by atomic mass is 32.2. The molecular formula is C18H17N3O3S. The Morgan fingerprint density at radius 2 is 1.72 bits per heavy atom. The van der Waals surface area contributed by atoms with Crippen molar-refractivity contribution in [3.05, 3.63) is 59.3 Å². The molecule has 1 amide bonds. The molecular weight excluding hydrogens is 338 g/mol. The number of amides is 1. The van der Waals surface area contributed by atoms with E-state index in [1.165, 1.54) is 12.1 Å². The summed E-state index contributed by atoms with van der Waals surface area (Å²) in [5, 5.41) is 11.4. The Kier molecular flexibility index (Phi) is 3.13. The minimum atomic E-state index is -3.85. The largest absolute Gasteiger partial charge is 0.357 e. The van der Waals surface area contributed by atoms with Crippen LogP contribution in [0.25, 0.3) is 5.57 Å². The van der Waals surface area contributed by atoms with Crippen LogP contribution in [0.4, 0.5) is 11.4 Å². The molecule has 4 N–H and O–H groups in total. The molecule has 2 aliphatic heterocycles. The normalized spacial score (nSPS) is 20.7. The number of nitrogens with two attached hydrogens (primary N) is 1. The Morgan fingerprint density at radius 3 is 2.40 bits per heavy atom. The van der Waals surface area contributed by atoms with Crippen LogP contribution in [-0.4, -0.2) is 14.3 Å². The second kappa shape index (κ2) is 4.93. The number of hydrogen-bond donors (Lipinski definition) is 3. The second-order valence-corrected chi connectivity index (χ2v) is 8.31. The minimum Gasteiger partial charge on any atom is -0.357 e. The van der Waals surface area contributed by atoms with Gasteiger partial charge in [0.2, 0.25) is 10.0 Å². The Balaban J connectivity index is 1.97. The standard InChI is InChI=1S/C18H17N3O3S/c1-18(2)12-5-3-4-6-14(12)20-16(18)15-11-9-10(25(19,23)24)7-8-13(11)21-17(15)22/h3-9,20H,1-2H3,(H,21,22)(H2,19,23,24). The first-order valence-electron chi connectivity index (χ1n) is 7.79. The lowest BCUT2D eigenvalue weighted by atomic mass is 9.81. The first-order chi connectivity index (χ1) is 11.7. The summed E-state index contributed by atoms with van der Waals surface area (Å²) in [7, 11) is -3.85. The van der Waals surface area contributed by atoms with Crippen LogP contribution < -0.4 is 15.8 Å². The predicted octanol–water partition coefficient (Wildman–Crippen LogP) is 2.40. The third-order valence-electron chi connectivity index (χ3n) is 4.80. The summed E-state index contributed by atoms with van der Waals surface area (Å²) in [6.07, 6.45) is 0. The molecule has 2 aliphatic rings. The summed E-state index contributed by atoms with van der Waals surface area (Å²) in [5.41, 5.74) is 3.93. The van der Waals surface area contributed by atoms with E-state index in [9.17, 15) is 13.2 Å². The zero-order chi connectivity index (χ0) is 18.0. The third-order valence-corrected chi connectivity index (χ3v) is 5.71. The number of fused-ring (bicyclic) bond motifs is 2. The van der Waals surface area contributed by atoms with E-state index in [1.54, 1.807) is 6.07 Å². The number of carbonyl (C=O) groups is 1. The van der Waals surface area contributed by atoms with Gasteiger partial charge in [-0.15, -0.1) is 0 Å². The van der Waals surface area contributed by atoms with Crippen LogP contribution in [0.15, 0.2) is 53.1 Å². The van der Waals surface area contributed by atoms with Crippen molar-refractivity contribution in [2.24, 2.45) is 5.14 Å². The van der Waals surface area contributed by atoms with E-state index in [0.717, 1.165) is 16.9 Å². The Bertz CT molecular complexity index is 1070. The third kappa shape index (κ3) is 2.27. The van der Waals surface area contributed by atoms with Crippen molar-refractivity contribution in [3.8, 4) is 0 Å². The number of primary sulfonamides is 1. The van der Waals surface area contributed by atoms with Crippen molar-refractivity contribution in [3.63, 3.8) is 0 Å². The van der Waals surface area contributed by atoms with E-state index < -0.39 is 15.4 Å². The summed E-state index contributed by atoms with van der Waals surface area (Å²) >= 11 is 0. The first kappa shape index (κ1) is 15.9. The number of nitrogens with one attached hydrogen (secondary N) is 2. The fourth-order valence-electron chi connectivity index (χ4n) is 3.51. The van der Waals surface area contributed by atoms with Gasteiger partial charge in [-0.2, -0.15) is 0 Å². The molecule has 25 heavy (non-hydrogen) atoms. The van der Waals surface area contributed by atoms with Crippen molar-refractivity contribution in [2.45, 2.75) is 24.2 Å². The van der Waals surface area contributed by atoms with Gasteiger partial charge in [-0.05, 0) is 29.8 Å². The molecule has 0 radical (unpaired) electrons. The molecule has 2 heterocycles. The summed E-state index contributed by atoms with van der Waals surface area (Å²) in [5.74, 6) is -0.259. The van der Waals surface area contributed by atoms with Crippen LogP contribution in [0.1, 0.15) is 25.0 Å². The molecule has 2 aromatic rings. The maximum absolute atomic E-state index is 12.6. The van der Waals surface area contributed by atoms with Gasteiger partial charge in [0, 0.05) is 28.1 Å². The van der Waals surface area contributed by atoms with Gasteiger partial charge in [0.15, 0.2) is 0 Å². The molecule has 0 saturated carbocycles. The van der Waals surface area contributed by atoms with Gasteiger partial charge in [-0.3, -0.25) is 4.79 Å². The number of benzene rings is 2. The zero-order valence-electron chi connectivity index (χ0n) is 13.8. The Morgan fingerprint density at radius 1 is 1.00 bits per heavy atom. The first-order valence-corrected chi connectivity index (χ1v) is 9.34. The van der Waals surface area contributed by atoms with Gasteiger partial charge in [0.05, 0.1) is 10.5 Å². The molecule has 2 aromatic carbocycles. The fraction of sp³-hybridized carbons (Fsp3) is 0.167. The molecule has 0 saturated heterocycles. The fourth-order valence-corrected chi connectivity index (χ4v) is 4.05. The highest BCUT2D eigenvalue weighted by Crippen LogP contribution is 2.48. The lowest BCUT2D eigenvalue weighted by Crippen LogP contribution is -2.21. The molecule has 0 aromatic heterocycles. The highest BCUT2D eigenvalue weighted by molar-refractivity contribution is 7.89. The predicted molar refractivity (Wildman–Crippen MR) is 96.5 cm³/mol. The SMILES string of the molecule is CC1(C)C(=C2C(=O)Nc3ccc(S(N)(=O)=O)cc32)Nc2ccccc21. The zero-order valence-corrected chi connectivity index (χ0v) is 14.6. The minimum absolute atomic E-state index is 0.0193. The van der Waals surface area contributed by atoms with Crippen molar-refractivity contribution >= 4 is 32.9 Å². The van der Waals surface area contributed by atoms with Gasteiger partial charge in [-0.25, -0.2) is 13.6 Å². The van der Waals surface area contributed by atoms with Crippen molar-refractivity contribution < 1.29 is 13.2 Å². The van der Waals surface area contributed by atoms with Crippen LogP contribution in [0.5, 0.6) is 0 Å². The van der Waals surface area contributed by atoms with Gasteiger partial charge < -0.3 is 10.6 Å². The summed E-state index contributed by atoms with van der Waals surface area (Å²) in [4.78, 5) is 12.6. The van der Waals surface area contributed by atoms with E-state index >= 15 is 0 Å². The molecule has 0 fully saturated rings. The number of sulfonamides is 1. The van der Waals surface area contributed by atoms with Crippen LogP contribution in [0.2, 0.25) is 0 Å². The van der Waals surface area contributed by atoms with E-state index in [0.29, 0.717) is 16.8 Å². The van der Waals surface area contributed by atoms with Crippen molar-refractivity contribution in [2.75, 3.05) is 10.6 Å². The quantitative estimate of drug-likeness (QED) is 0.684. The van der Waals surface area contributed by atoms with Crippen LogP contribution in [-0.2, 0) is 20.2 Å². The molecule has 0 spiro atoms. The van der Waals surface area contributed by atoms with Crippen LogP contribution >= 0.6 is 0 Å². The summed E-state index contributed by atoms with van der Waals surface area (Å²) < 4.78 is 23.4. The smallest absolute Gasteiger partial charge is 0.258 e. The van der Waals surface area contributed by atoms with Gasteiger partial charge >= 0.3 is 0 Å². The van der Waals surface area contributed by atoms with Crippen LogP contribution in [0.3, 0.4) is 0 Å². The maximum Gasteiger partial charge on any atom is 0.258 e. The molecule has 4 rings (SSSR count). The Labute approximate surface area is 145 Å². The number of anilines is 2. The second-order valence-electron chi connectivity index (χ2n) is 6.75. The summed E-state index contributed by atoms with van der Waals surface area (Å²) in [6, 6.07) is 12.3. The van der Waals surface area contributed by atoms with E-state index in [4.69, 9.17) is 5.14 Å².